The number of ether oxygens (including phenoxy) is 1. The minimum atomic E-state index is -0.0991. The summed E-state index contributed by atoms with van der Waals surface area (Å²) in [7, 11) is 0. The fourth-order valence-corrected chi connectivity index (χ4v) is 6.06. The molecule has 3 heterocycles. The highest BCUT2D eigenvalue weighted by Crippen LogP contribution is 2.58. The highest BCUT2D eigenvalue weighted by atomic mass is 32.2. The summed E-state index contributed by atoms with van der Waals surface area (Å²) < 4.78 is 6.29. The van der Waals surface area contributed by atoms with E-state index < -0.39 is 0 Å². The molecule has 1 spiro atoms. The fraction of sp³-hybridized carbons (Fsp3) is 0.500. The first-order chi connectivity index (χ1) is 7.63. The van der Waals surface area contributed by atoms with Crippen molar-refractivity contribution in [1.29, 1.82) is 0 Å². The number of rotatable bonds is 1. The Morgan fingerprint density at radius 1 is 1.25 bits per heavy atom. The first kappa shape index (κ1) is 11.1. The molecule has 0 saturated carbocycles. The molecule has 1 aromatic rings. The second-order valence-corrected chi connectivity index (χ2v) is 8.35. The molecule has 0 amide bonds. The van der Waals surface area contributed by atoms with Gasteiger partial charge in [-0.25, -0.2) is 0 Å². The lowest BCUT2D eigenvalue weighted by Gasteiger charge is -2.34. The zero-order valence-corrected chi connectivity index (χ0v) is 11.8. The Morgan fingerprint density at radius 3 is 2.62 bits per heavy atom. The fourth-order valence-electron chi connectivity index (χ4n) is 2.12. The first-order valence-corrected chi connectivity index (χ1v) is 8.22. The van der Waals surface area contributed by atoms with Gasteiger partial charge in [0, 0.05) is 11.5 Å². The normalized spacial score (nSPS) is 25.8. The third-order valence-electron chi connectivity index (χ3n) is 3.01. The summed E-state index contributed by atoms with van der Waals surface area (Å²) in [5.41, 5.74) is -0.0991. The second kappa shape index (κ2) is 3.72. The van der Waals surface area contributed by atoms with Crippen molar-refractivity contribution in [3.8, 4) is 0 Å². The van der Waals surface area contributed by atoms with Crippen molar-refractivity contribution in [1.82, 2.24) is 0 Å². The molecule has 86 valence electrons. The van der Waals surface area contributed by atoms with E-state index in [1.807, 2.05) is 23.5 Å². The predicted molar refractivity (Wildman–Crippen MR) is 75.1 cm³/mol. The molecule has 0 unspecified atom stereocenters. The monoisotopic (exact) mass is 270 g/mol. The number of hydrogen-bond acceptors (Lipinski definition) is 4. The maximum Gasteiger partial charge on any atom is 0.135 e. The van der Waals surface area contributed by atoms with Crippen LogP contribution in [-0.4, -0.2) is 21.2 Å². The SMILES string of the molecule is CC1(C)OC(c2cccs2)=CC12SCCS2. The number of thiophene rings is 1. The van der Waals surface area contributed by atoms with E-state index in [9.17, 15) is 0 Å². The molecule has 2 aliphatic rings. The average molecular weight is 270 g/mol. The van der Waals surface area contributed by atoms with E-state index in [0.29, 0.717) is 0 Å². The van der Waals surface area contributed by atoms with Gasteiger partial charge in [-0.3, -0.25) is 0 Å². The maximum atomic E-state index is 6.16. The molecular formula is C12H14OS3. The lowest BCUT2D eigenvalue weighted by atomic mass is 10.1. The molecule has 16 heavy (non-hydrogen) atoms. The lowest BCUT2D eigenvalue weighted by Crippen LogP contribution is -2.39. The van der Waals surface area contributed by atoms with Crippen molar-refractivity contribution in [2.24, 2.45) is 0 Å². The van der Waals surface area contributed by atoms with Crippen LogP contribution in [0.1, 0.15) is 18.7 Å². The summed E-state index contributed by atoms with van der Waals surface area (Å²) >= 11 is 5.80. The van der Waals surface area contributed by atoms with Crippen LogP contribution in [0.3, 0.4) is 0 Å². The average Bonchev–Trinajstić information content (AvgIpc) is 2.91. The highest BCUT2D eigenvalue weighted by molar-refractivity contribution is 8.21. The van der Waals surface area contributed by atoms with Crippen LogP contribution < -0.4 is 0 Å². The topological polar surface area (TPSA) is 9.23 Å². The smallest absolute Gasteiger partial charge is 0.135 e. The van der Waals surface area contributed by atoms with Crippen molar-refractivity contribution in [3.63, 3.8) is 0 Å². The van der Waals surface area contributed by atoms with Gasteiger partial charge in [-0.1, -0.05) is 6.07 Å². The van der Waals surface area contributed by atoms with Gasteiger partial charge < -0.3 is 4.74 Å². The van der Waals surface area contributed by atoms with E-state index in [1.54, 1.807) is 11.3 Å². The van der Waals surface area contributed by atoms with Crippen molar-refractivity contribution < 1.29 is 4.74 Å². The maximum absolute atomic E-state index is 6.16. The zero-order chi connectivity index (χ0) is 11.2. The molecule has 0 atom stereocenters. The summed E-state index contributed by atoms with van der Waals surface area (Å²) in [4.78, 5) is 1.25. The predicted octanol–water partition coefficient (Wildman–Crippen LogP) is 4.07. The van der Waals surface area contributed by atoms with Gasteiger partial charge in [0.05, 0.1) is 4.88 Å². The molecule has 3 rings (SSSR count). The van der Waals surface area contributed by atoms with Gasteiger partial charge in [0.2, 0.25) is 0 Å². The van der Waals surface area contributed by atoms with Crippen LogP contribution in [0.4, 0.5) is 0 Å². The molecular weight excluding hydrogens is 256 g/mol. The minimum absolute atomic E-state index is 0.0991. The van der Waals surface area contributed by atoms with Crippen LogP contribution in [0.15, 0.2) is 23.6 Å². The van der Waals surface area contributed by atoms with Crippen molar-refractivity contribution in [2.45, 2.75) is 23.5 Å². The van der Waals surface area contributed by atoms with Crippen molar-refractivity contribution in [3.05, 3.63) is 28.5 Å². The third-order valence-corrected chi connectivity index (χ3v) is 7.75. The van der Waals surface area contributed by atoms with E-state index in [2.05, 4.69) is 37.4 Å². The van der Waals surface area contributed by atoms with Crippen LogP contribution in [0.5, 0.6) is 0 Å². The molecule has 1 aromatic heterocycles. The molecule has 0 aromatic carbocycles. The molecule has 0 N–H and O–H groups in total. The summed E-state index contributed by atoms with van der Waals surface area (Å²) in [5, 5.41) is 2.10. The van der Waals surface area contributed by atoms with E-state index in [0.717, 1.165) is 5.76 Å². The van der Waals surface area contributed by atoms with E-state index in [4.69, 9.17) is 4.74 Å². The van der Waals surface area contributed by atoms with Gasteiger partial charge in [0.25, 0.3) is 0 Å². The van der Waals surface area contributed by atoms with Gasteiger partial charge in [0.15, 0.2) is 0 Å². The quantitative estimate of drug-likeness (QED) is 0.761. The van der Waals surface area contributed by atoms with E-state index >= 15 is 0 Å². The summed E-state index contributed by atoms with van der Waals surface area (Å²) in [5.74, 6) is 3.53. The molecule has 4 heteroatoms. The zero-order valence-electron chi connectivity index (χ0n) is 9.36. The number of hydrogen-bond donors (Lipinski definition) is 0. The van der Waals surface area contributed by atoms with Crippen LogP contribution in [0.25, 0.3) is 5.76 Å². The minimum Gasteiger partial charge on any atom is -0.484 e. The summed E-state index contributed by atoms with van der Waals surface area (Å²) in [6.45, 7) is 4.41. The Kier molecular flexibility index (Phi) is 2.57. The summed E-state index contributed by atoms with van der Waals surface area (Å²) in [6.07, 6.45) is 2.33. The highest BCUT2D eigenvalue weighted by Gasteiger charge is 2.53. The molecule has 0 aliphatic carbocycles. The van der Waals surface area contributed by atoms with Gasteiger partial charge in [-0.05, 0) is 31.4 Å². The van der Waals surface area contributed by atoms with Crippen molar-refractivity contribution >= 4 is 40.6 Å². The Labute approximate surface area is 109 Å². The van der Waals surface area contributed by atoms with Gasteiger partial charge >= 0.3 is 0 Å². The lowest BCUT2D eigenvalue weighted by molar-refractivity contribution is 0.0979. The Morgan fingerprint density at radius 2 is 2.00 bits per heavy atom. The molecule has 1 nitrogen and oxygen atoms in total. The largest absolute Gasteiger partial charge is 0.484 e. The molecule has 0 bridgehead atoms. The Hall–Kier alpha value is -0.0600. The Bertz CT molecular complexity index is 413. The van der Waals surface area contributed by atoms with Gasteiger partial charge in [-0.15, -0.1) is 34.9 Å². The number of thioether (sulfide) groups is 2. The first-order valence-electron chi connectivity index (χ1n) is 5.37. The summed E-state index contributed by atoms with van der Waals surface area (Å²) in [6, 6.07) is 4.22. The molecule has 1 fully saturated rings. The van der Waals surface area contributed by atoms with Crippen LogP contribution in [-0.2, 0) is 4.74 Å². The molecule has 2 aliphatic heterocycles. The third kappa shape index (κ3) is 1.54. The van der Waals surface area contributed by atoms with Crippen LogP contribution in [0, 0.1) is 0 Å². The standard InChI is InChI=1S/C12H14OS3/c1-11(2)12(15-6-7-16-12)8-9(13-11)10-4-3-5-14-10/h3-5,8H,6-7H2,1-2H3. The van der Waals surface area contributed by atoms with Gasteiger partial charge in [0.1, 0.15) is 15.4 Å². The van der Waals surface area contributed by atoms with Crippen LogP contribution in [0.2, 0.25) is 0 Å². The second-order valence-electron chi connectivity index (χ2n) is 4.46. The van der Waals surface area contributed by atoms with E-state index in [1.165, 1.54) is 16.4 Å². The van der Waals surface area contributed by atoms with Crippen molar-refractivity contribution in [2.75, 3.05) is 11.5 Å². The molecule has 0 radical (unpaired) electrons. The van der Waals surface area contributed by atoms with E-state index in [-0.39, 0.29) is 9.68 Å². The van der Waals surface area contributed by atoms with Gasteiger partial charge in [-0.2, -0.15) is 0 Å². The Balaban J connectivity index is 2.00. The molecule has 1 saturated heterocycles. The van der Waals surface area contributed by atoms with Crippen LogP contribution >= 0.6 is 34.9 Å².